The Hall–Kier alpha value is -0.0400. The molecule has 3 aliphatic rings. The van der Waals surface area contributed by atoms with Crippen molar-refractivity contribution in [1.29, 1.82) is 0 Å². The summed E-state index contributed by atoms with van der Waals surface area (Å²) in [5, 5.41) is 7.91. The monoisotopic (exact) mass is 368 g/mol. The van der Waals surface area contributed by atoms with Gasteiger partial charge < -0.3 is 10.2 Å². The van der Waals surface area contributed by atoms with Gasteiger partial charge in [0.1, 0.15) is 0 Å². The molecule has 3 rings (SSSR count). The van der Waals surface area contributed by atoms with E-state index in [4.69, 9.17) is 4.99 Å². The number of fused-ring (bicyclic) bond motifs is 1. The minimum Gasteiger partial charge on any atom is -0.365 e. The van der Waals surface area contributed by atoms with E-state index in [0.717, 1.165) is 35.7 Å². The first-order valence-electron chi connectivity index (χ1n) is 6.78. The number of amidine groups is 2. The van der Waals surface area contributed by atoms with Crippen LogP contribution in [0, 0.1) is 0 Å². The van der Waals surface area contributed by atoms with E-state index < -0.39 is 0 Å². The Kier molecular flexibility index (Phi) is 7.24. The lowest BCUT2D eigenvalue weighted by atomic mass is 10.1. The Balaban J connectivity index is 0.00000110. The molecule has 0 amide bonds. The highest BCUT2D eigenvalue weighted by Gasteiger charge is 2.36. The normalized spacial score (nSPS) is 22.8. The van der Waals surface area contributed by atoms with Gasteiger partial charge in [0.2, 0.25) is 0 Å². The molecule has 4 nitrogen and oxygen atoms in total. The minimum absolute atomic E-state index is 0. The first-order chi connectivity index (χ1) is 9.14. The Morgan fingerprint density at radius 1 is 1.38 bits per heavy atom. The summed E-state index contributed by atoms with van der Waals surface area (Å²) >= 11 is 3.57. The van der Waals surface area contributed by atoms with E-state index in [9.17, 15) is 0 Å². The average molecular weight is 369 g/mol. The van der Waals surface area contributed by atoms with Gasteiger partial charge in [0, 0.05) is 31.1 Å². The molecule has 3 heterocycles. The second-order valence-corrected chi connectivity index (χ2v) is 7.43. The maximum Gasteiger partial charge on any atom is 0.168 e. The molecule has 0 fully saturated rings. The fraction of sp³-hybridized carbons (Fsp3) is 0.692. The summed E-state index contributed by atoms with van der Waals surface area (Å²) < 4.78 is 0. The molecule has 1 N–H and O–H groups in total. The summed E-state index contributed by atoms with van der Waals surface area (Å²) in [7, 11) is 0. The van der Waals surface area contributed by atoms with Crippen LogP contribution >= 0.6 is 48.3 Å². The molecule has 0 unspecified atom stereocenters. The molecule has 21 heavy (non-hydrogen) atoms. The van der Waals surface area contributed by atoms with Crippen LogP contribution in [0.1, 0.15) is 26.7 Å². The third-order valence-corrected chi connectivity index (χ3v) is 5.19. The van der Waals surface area contributed by atoms with Crippen molar-refractivity contribution in [3.63, 3.8) is 0 Å². The van der Waals surface area contributed by atoms with E-state index in [1.807, 2.05) is 11.8 Å². The molecule has 120 valence electrons. The number of rotatable bonds is 2. The molecule has 0 radical (unpaired) electrons. The third-order valence-electron chi connectivity index (χ3n) is 3.29. The molecule has 3 aliphatic heterocycles. The quantitative estimate of drug-likeness (QED) is 0.811. The van der Waals surface area contributed by atoms with Gasteiger partial charge in [0.05, 0.1) is 5.54 Å². The van der Waals surface area contributed by atoms with Crippen molar-refractivity contribution in [3.8, 4) is 0 Å². The molecular formula is C13H22Cl2N4S2. The smallest absolute Gasteiger partial charge is 0.168 e. The van der Waals surface area contributed by atoms with E-state index in [1.54, 1.807) is 11.8 Å². The van der Waals surface area contributed by atoms with Crippen molar-refractivity contribution in [1.82, 2.24) is 10.2 Å². The van der Waals surface area contributed by atoms with Gasteiger partial charge in [-0.05, 0) is 32.1 Å². The molecule has 0 atom stereocenters. The highest BCUT2D eigenvalue weighted by molar-refractivity contribution is 8.17. The first-order valence-corrected chi connectivity index (χ1v) is 8.65. The van der Waals surface area contributed by atoms with Gasteiger partial charge in [-0.3, -0.25) is 9.98 Å². The zero-order valence-corrected chi connectivity index (χ0v) is 15.6. The average Bonchev–Trinajstić information content (AvgIpc) is 2.73. The van der Waals surface area contributed by atoms with Crippen LogP contribution in [0.4, 0.5) is 0 Å². The molecule has 0 aromatic rings. The van der Waals surface area contributed by atoms with Gasteiger partial charge in [0.15, 0.2) is 10.3 Å². The fourth-order valence-electron chi connectivity index (χ4n) is 2.33. The van der Waals surface area contributed by atoms with Gasteiger partial charge >= 0.3 is 0 Å². The zero-order chi connectivity index (χ0) is 13.3. The lowest BCUT2D eigenvalue weighted by Gasteiger charge is -2.20. The van der Waals surface area contributed by atoms with Gasteiger partial charge in [-0.2, -0.15) is 0 Å². The van der Waals surface area contributed by atoms with Crippen molar-refractivity contribution in [3.05, 3.63) is 11.1 Å². The number of halogens is 2. The lowest BCUT2D eigenvalue weighted by Crippen LogP contribution is -2.30. The van der Waals surface area contributed by atoms with Crippen molar-refractivity contribution >= 4 is 58.7 Å². The highest BCUT2D eigenvalue weighted by atomic mass is 35.5. The predicted octanol–water partition coefficient (Wildman–Crippen LogP) is 3.34. The SMILES string of the molecule is CC1(C)CN2C(CSC3=NCCCCN3)=CSC2=N1.Cl.Cl. The summed E-state index contributed by atoms with van der Waals surface area (Å²) in [6.07, 6.45) is 2.43. The maximum atomic E-state index is 4.74. The van der Waals surface area contributed by atoms with E-state index >= 15 is 0 Å². The van der Waals surface area contributed by atoms with Crippen LogP contribution in [0.15, 0.2) is 21.1 Å². The van der Waals surface area contributed by atoms with Crippen LogP contribution in [-0.2, 0) is 0 Å². The van der Waals surface area contributed by atoms with Crippen LogP contribution in [0.5, 0.6) is 0 Å². The summed E-state index contributed by atoms with van der Waals surface area (Å²) in [5.74, 6) is 0.980. The van der Waals surface area contributed by atoms with Crippen LogP contribution in [-0.4, -0.2) is 46.2 Å². The summed E-state index contributed by atoms with van der Waals surface area (Å²) in [6.45, 7) is 7.42. The molecule has 0 bridgehead atoms. The maximum absolute atomic E-state index is 4.74. The number of aliphatic imine (C=N–C) groups is 2. The van der Waals surface area contributed by atoms with Crippen molar-refractivity contribution in [2.75, 3.05) is 25.4 Å². The molecular weight excluding hydrogens is 347 g/mol. The Labute approximate surface area is 147 Å². The Bertz CT molecular complexity index is 463. The standard InChI is InChI=1S/C13H20N4S2.2ClH/c1-13(2)9-17-10(8-19-12(17)16-13)7-18-11-14-5-3-4-6-15-11;;/h8H,3-7,9H2,1-2H3,(H,14,15);2*1H. The van der Waals surface area contributed by atoms with E-state index in [1.165, 1.54) is 18.5 Å². The van der Waals surface area contributed by atoms with Gasteiger partial charge in [-0.1, -0.05) is 23.5 Å². The number of hydrogen-bond donors (Lipinski definition) is 1. The van der Waals surface area contributed by atoms with E-state index in [0.29, 0.717) is 0 Å². The van der Waals surface area contributed by atoms with Crippen LogP contribution in [0.2, 0.25) is 0 Å². The predicted molar refractivity (Wildman–Crippen MR) is 100 cm³/mol. The number of thioether (sulfide) groups is 2. The largest absolute Gasteiger partial charge is 0.365 e. The first kappa shape index (κ1) is 19.0. The number of hydrogen-bond acceptors (Lipinski definition) is 6. The van der Waals surface area contributed by atoms with Crippen LogP contribution < -0.4 is 5.32 Å². The molecule has 0 aromatic heterocycles. The Morgan fingerprint density at radius 3 is 3.00 bits per heavy atom. The van der Waals surface area contributed by atoms with E-state index in [2.05, 4.69) is 34.5 Å². The van der Waals surface area contributed by atoms with Gasteiger partial charge in [-0.25, -0.2) is 0 Å². The molecule has 0 saturated heterocycles. The molecule has 0 saturated carbocycles. The number of nitrogens with one attached hydrogen (secondary N) is 1. The van der Waals surface area contributed by atoms with Crippen molar-refractivity contribution in [2.24, 2.45) is 9.98 Å². The van der Waals surface area contributed by atoms with Gasteiger partial charge in [-0.15, -0.1) is 24.8 Å². The topological polar surface area (TPSA) is 40.0 Å². The van der Waals surface area contributed by atoms with Crippen molar-refractivity contribution in [2.45, 2.75) is 32.2 Å². The summed E-state index contributed by atoms with van der Waals surface area (Å²) in [5.41, 5.74) is 1.43. The molecule has 0 aliphatic carbocycles. The van der Waals surface area contributed by atoms with Crippen molar-refractivity contribution < 1.29 is 0 Å². The van der Waals surface area contributed by atoms with Gasteiger partial charge in [0.25, 0.3) is 0 Å². The second kappa shape index (κ2) is 7.99. The minimum atomic E-state index is 0. The number of nitrogens with zero attached hydrogens (tertiary/aromatic N) is 3. The highest BCUT2D eigenvalue weighted by Crippen LogP contribution is 2.36. The summed E-state index contributed by atoms with van der Waals surface area (Å²) in [6, 6.07) is 0. The van der Waals surface area contributed by atoms with Crippen LogP contribution in [0.3, 0.4) is 0 Å². The second-order valence-electron chi connectivity index (χ2n) is 5.63. The third kappa shape index (κ3) is 4.71. The molecule has 8 heteroatoms. The molecule has 0 aromatic carbocycles. The Morgan fingerprint density at radius 2 is 2.19 bits per heavy atom. The molecule has 0 spiro atoms. The zero-order valence-electron chi connectivity index (χ0n) is 12.3. The van der Waals surface area contributed by atoms with E-state index in [-0.39, 0.29) is 30.4 Å². The fourth-order valence-corrected chi connectivity index (χ4v) is 4.40. The summed E-state index contributed by atoms with van der Waals surface area (Å²) in [4.78, 5) is 11.7. The van der Waals surface area contributed by atoms with Crippen LogP contribution in [0.25, 0.3) is 0 Å². The lowest BCUT2D eigenvalue weighted by molar-refractivity contribution is 0.436.